The van der Waals surface area contributed by atoms with Gasteiger partial charge in [0, 0.05) is 12.1 Å². The van der Waals surface area contributed by atoms with Crippen LogP contribution in [0.4, 0.5) is 0 Å². The summed E-state index contributed by atoms with van der Waals surface area (Å²) in [5.41, 5.74) is 1.92. The number of ether oxygens (including phenoxy) is 1. The van der Waals surface area contributed by atoms with Crippen molar-refractivity contribution in [2.24, 2.45) is 5.41 Å². The number of aryl methyl sites for hydroxylation is 1. The molecule has 2 saturated carbocycles. The molecular formula is C19H29NO. The monoisotopic (exact) mass is 287 g/mol. The van der Waals surface area contributed by atoms with E-state index in [9.17, 15) is 0 Å². The van der Waals surface area contributed by atoms with Gasteiger partial charge in [-0.2, -0.15) is 0 Å². The van der Waals surface area contributed by atoms with E-state index in [1.54, 1.807) is 0 Å². The van der Waals surface area contributed by atoms with E-state index < -0.39 is 0 Å². The van der Waals surface area contributed by atoms with Gasteiger partial charge in [0.15, 0.2) is 0 Å². The lowest BCUT2D eigenvalue weighted by Crippen LogP contribution is -2.57. The van der Waals surface area contributed by atoms with Gasteiger partial charge >= 0.3 is 0 Å². The summed E-state index contributed by atoms with van der Waals surface area (Å²) < 4.78 is 5.91. The molecule has 2 heteroatoms. The van der Waals surface area contributed by atoms with Gasteiger partial charge in [-0.25, -0.2) is 0 Å². The maximum absolute atomic E-state index is 5.91. The van der Waals surface area contributed by atoms with Gasteiger partial charge in [0.25, 0.3) is 0 Å². The molecule has 0 saturated heterocycles. The summed E-state index contributed by atoms with van der Waals surface area (Å²) in [6, 6.07) is 9.50. The van der Waals surface area contributed by atoms with Crippen LogP contribution in [0.15, 0.2) is 24.3 Å². The van der Waals surface area contributed by atoms with E-state index >= 15 is 0 Å². The molecule has 3 rings (SSSR count). The van der Waals surface area contributed by atoms with Crippen LogP contribution in [-0.4, -0.2) is 18.7 Å². The first-order valence-corrected chi connectivity index (χ1v) is 8.63. The molecule has 0 aromatic heterocycles. The first-order chi connectivity index (χ1) is 10.2. The molecule has 2 unspecified atom stereocenters. The lowest BCUT2D eigenvalue weighted by molar-refractivity contribution is 0.0143. The molecule has 2 atom stereocenters. The highest BCUT2D eigenvalue weighted by atomic mass is 16.5. The van der Waals surface area contributed by atoms with Crippen molar-refractivity contribution in [1.82, 2.24) is 5.32 Å². The molecule has 0 aliphatic heterocycles. The number of benzene rings is 1. The molecule has 2 fully saturated rings. The molecule has 2 nitrogen and oxygen atoms in total. The van der Waals surface area contributed by atoms with Crippen molar-refractivity contribution < 1.29 is 4.74 Å². The van der Waals surface area contributed by atoms with Gasteiger partial charge in [0.05, 0.1) is 0 Å². The zero-order valence-electron chi connectivity index (χ0n) is 13.5. The van der Waals surface area contributed by atoms with Crippen molar-refractivity contribution in [3.05, 3.63) is 29.8 Å². The summed E-state index contributed by atoms with van der Waals surface area (Å²) in [5.74, 6) is 0.982. The summed E-state index contributed by atoms with van der Waals surface area (Å²) in [5, 5.41) is 3.83. The first kappa shape index (κ1) is 14.9. The third-order valence-electron chi connectivity index (χ3n) is 5.53. The number of hydrogen-bond acceptors (Lipinski definition) is 2. The Balaban J connectivity index is 1.46. The van der Waals surface area contributed by atoms with Gasteiger partial charge in [-0.3, -0.25) is 0 Å². The average molecular weight is 287 g/mol. The second-order valence-corrected chi connectivity index (χ2v) is 7.21. The van der Waals surface area contributed by atoms with Crippen molar-refractivity contribution in [2.45, 2.75) is 70.9 Å². The summed E-state index contributed by atoms with van der Waals surface area (Å²) in [7, 11) is 0. The third kappa shape index (κ3) is 3.42. The van der Waals surface area contributed by atoms with E-state index in [1.165, 1.54) is 50.5 Å². The largest absolute Gasteiger partial charge is 0.492 e. The Morgan fingerprint density at radius 1 is 1.14 bits per heavy atom. The fraction of sp³-hybridized carbons (Fsp3) is 0.684. The van der Waals surface area contributed by atoms with Crippen LogP contribution in [0.1, 0.15) is 57.4 Å². The van der Waals surface area contributed by atoms with Crippen LogP contribution < -0.4 is 10.1 Å². The Hall–Kier alpha value is -1.02. The lowest BCUT2D eigenvalue weighted by atomic mass is 9.57. The molecule has 1 spiro atoms. The van der Waals surface area contributed by atoms with Gasteiger partial charge in [-0.15, -0.1) is 0 Å². The minimum atomic E-state index is 0.426. The van der Waals surface area contributed by atoms with E-state index in [1.807, 2.05) is 0 Å². The fourth-order valence-electron chi connectivity index (χ4n) is 4.06. The second-order valence-electron chi connectivity index (χ2n) is 7.21. The van der Waals surface area contributed by atoms with Crippen LogP contribution in [-0.2, 0) is 0 Å². The van der Waals surface area contributed by atoms with Gasteiger partial charge in [-0.1, -0.05) is 37.0 Å². The summed E-state index contributed by atoms with van der Waals surface area (Å²) >= 11 is 0. The molecule has 1 aromatic rings. The molecule has 2 aliphatic carbocycles. The molecule has 0 amide bonds. The smallest absolute Gasteiger partial charge is 0.119 e. The fourth-order valence-corrected chi connectivity index (χ4v) is 4.06. The Morgan fingerprint density at radius 2 is 1.86 bits per heavy atom. The number of nitrogens with one attached hydrogen (secondary N) is 1. The SMILES string of the molecule is Cc1ccc(OCC(C)NC2CCC23CCCCC3)cc1. The van der Waals surface area contributed by atoms with Crippen LogP contribution in [0.3, 0.4) is 0 Å². The molecule has 0 radical (unpaired) electrons. The highest BCUT2D eigenvalue weighted by molar-refractivity contribution is 5.26. The Morgan fingerprint density at radius 3 is 2.48 bits per heavy atom. The van der Waals surface area contributed by atoms with Gasteiger partial charge in [0.2, 0.25) is 0 Å². The summed E-state index contributed by atoms with van der Waals surface area (Å²) in [6.07, 6.45) is 10.00. The average Bonchev–Trinajstić information content (AvgIpc) is 2.52. The molecule has 21 heavy (non-hydrogen) atoms. The number of hydrogen-bond donors (Lipinski definition) is 1. The maximum atomic E-state index is 5.91. The van der Waals surface area contributed by atoms with Crippen LogP contribution in [0.2, 0.25) is 0 Å². The van der Waals surface area contributed by atoms with E-state index in [4.69, 9.17) is 4.74 Å². The van der Waals surface area contributed by atoms with Crippen LogP contribution >= 0.6 is 0 Å². The summed E-state index contributed by atoms with van der Waals surface area (Å²) in [6.45, 7) is 5.12. The normalized spacial score (nSPS) is 25.3. The van der Waals surface area contributed by atoms with Crippen LogP contribution in [0, 0.1) is 12.3 Å². The Kier molecular flexibility index (Phi) is 4.54. The molecular weight excluding hydrogens is 258 g/mol. The molecule has 116 valence electrons. The van der Waals surface area contributed by atoms with Crippen molar-refractivity contribution in [3.63, 3.8) is 0 Å². The highest BCUT2D eigenvalue weighted by Gasteiger charge is 2.46. The van der Waals surface area contributed by atoms with Crippen molar-refractivity contribution in [2.75, 3.05) is 6.61 Å². The van der Waals surface area contributed by atoms with Crippen molar-refractivity contribution >= 4 is 0 Å². The van der Waals surface area contributed by atoms with Gasteiger partial charge < -0.3 is 10.1 Å². The van der Waals surface area contributed by atoms with E-state index in [-0.39, 0.29) is 0 Å². The van der Waals surface area contributed by atoms with Gasteiger partial charge in [-0.05, 0) is 57.1 Å². The minimum Gasteiger partial charge on any atom is -0.492 e. The first-order valence-electron chi connectivity index (χ1n) is 8.63. The van der Waals surface area contributed by atoms with Crippen molar-refractivity contribution in [3.8, 4) is 5.75 Å². The van der Waals surface area contributed by atoms with E-state index in [0.717, 1.165) is 18.4 Å². The molecule has 1 aromatic carbocycles. The van der Waals surface area contributed by atoms with Crippen molar-refractivity contribution in [1.29, 1.82) is 0 Å². The predicted octanol–water partition coefficient (Wildman–Crippen LogP) is 4.46. The highest BCUT2D eigenvalue weighted by Crippen LogP contribution is 2.51. The zero-order chi connectivity index (χ0) is 14.7. The molecule has 0 heterocycles. The lowest BCUT2D eigenvalue weighted by Gasteiger charge is -2.53. The minimum absolute atomic E-state index is 0.426. The third-order valence-corrected chi connectivity index (χ3v) is 5.53. The predicted molar refractivity (Wildman–Crippen MR) is 87.8 cm³/mol. The molecule has 0 bridgehead atoms. The topological polar surface area (TPSA) is 21.3 Å². The second kappa shape index (κ2) is 6.39. The Labute approximate surface area is 129 Å². The Bertz CT molecular complexity index is 447. The maximum Gasteiger partial charge on any atom is 0.119 e. The summed E-state index contributed by atoms with van der Waals surface area (Å²) in [4.78, 5) is 0. The standard InChI is InChI=1S/C19H29NO/c1-15-6-8-17(9-7-15)21-14-16(2)20-18-10-13-19(18)11-4-3-5-12-19/h6-9,16,18,20H,3-5,10-14H2,1-2H3. The molecule has 1 N–H and O–H groups in total. The van der Waals surface area contributed by atoms with Gasteiger partial charge in [0.1, 0.15) is 12.4 Å². The molecule has 2 aliphatic rings. The van der Waals surface area contributed by atoms with E-state index in [0.29, 0.717) is 11.5 Å². The van der Waals surface area contributed by atoms with E-state index in [2.05, 4.69) is 43.4 Å². The quantitative estimate of drug-likeness (QED) is 0.863. The number of rotatable bonds is 5. The zero-order valence-corrected chi connectivity index (χ0v) is 13.5. The van der Waals surface area contributed by atoms with Crippen LogP contribution in [0.25, 0.3) is 0 Å². The van der Waals surface area contributed by atoms with Crippen LogP contribution in [0.5, 0.6) is 5.75 Å².